The number of rotatable bonds is 3. The largest absolute Gasteiger partial charge is 0.321 e. The van der Waals surface area contributed by atoms with Crippen molar-refractivity contribution in [2.75, 3.05) is 5.32 Å². The van der Waals surface area contributed by atoms with E-state index in [1.807, 2.05) is 54.6 Å². The molecule has 1 N–H and O–H groups in total. The highest BCUT2D eigenvalue weighted by atomic mass is 79.9. The molecular weight excluding hydrogens is 386 g/mol. The molecule has 2 nitrogen and oxygen atoms in total. The average Bonchev–Trinajstić information content (AvgIpc) is 2.68. The van der Waals surface area contributed by atoms with Gasteiger partial charge in [0.05, 0.1) is 0 Å². The summed E-state index contributed by atoms with van der Waals surface area (Å²) in [6.07, 6.45) is 0. The van der Waals surface area contributed by atoms with E-state index in [1.54, 1.807) is 12.1 Å². The molecule has 0 radical (unpaired) electrons. The number of benzene rings is 4. The van der Waals surface area contributed by atoms with Crippen molar-refractivity contribution in [1.29, 1.82) is 0 Å². The minimum absolute atomic E-state index is 0.120. The number of anilines is 1. The molecule has 0 unspecified atom stereocenters. The smallest absolute Gasteiger partial charge is 0.255 e. The fourth-order valence-electron chi connectivity index (χ4n) is 3.08. The van der Waals surface area contributed by atoms with Crippen molar-refractivity contribution in [2.45, 2.75) is 0 Å². The zero-order chi connectivity index (χ0) is 17.9. The average molecular weight is 402 g/mol. The summed E-state index contributed by atoms with van der Waals surface area (Å²) in [6.45, 7) is 0. The summed E-state index contributed by atoms with van der Waals surface area (Å²) < 4.78 is 0.949. The Morgan fingerprint density at radius 1 is 0.692 bits per heavy atom. The standard InChI is InChI=1S/C23H16BrNO/c24-18-14-12-17(13-15-18)23(26)25-22-11-4-3-9-21(22)20-10-5-7-16-6-1-2-8-19(16)20/h1-15H,(H,25,26). The van der Waals surface area contributed by atoms with Crippen molar-refractivity contribution >= 4 is 38.3 Å². The van der Waals surface area contributed by atoms with E-state index in [2.05, 4.69) is 45.5 Å². The van der Waals surface area contributed by atoms with Gasteiger partial charge < -0.3 is 5.32 Å². The molecule has 26 heavy (non-hydrogen) atoms. The van der Waals surface area contributed by atoms with Gasteiger partial charge in [-0.2, -0.15) is 0 Å². The summed E-state index contributed by atoms with van der Waals surface area (Å²) in [4.78, 5) is 12.6. The molecule has 126 valence electrons. The van der Waals surface area contributed by atoms with Gasteiger partial charge in [0.2, 0.25) is 0 Å². The van der Waals surface area contributed by atoms with Crippen LogP contribution in [0.5, 0.6) is 0 Å². The molecule has 4 aromatic rings. The Hall–Kier alpha value is -2.91. The highest BCUT2D eigenvalue weighted by molar-refractivity contribution is 9.10. The molecule has 0 bridgehead atoms. The molecule has 0 saturated heterocycles. The molecule has 4 aromatic carbocycles. The number of carbonyl (C=O) groups is 1. The van der Waals surface area contributed by atoms with Crippen molar-refractivity contribution in [1.82, 2.24) is 0 Å². The predicted octanol–water partition coefficient (Wildman–Crippen LogP) is 6.52. The molecule has 3 heteroatoms. The highest BCUT2D eigenvalue weighted by Gasteiger charge is 2.12. The number of hydrogen-bond donors (Lipinski definition) is 1. The van der Waals surface area contributed by atoms with Crippen LogP contribution in [0.4, 0.5) is 5.69 Å². The van der Waals surface area contributed by atoms with E-state index >= 15 is 0 Å². The maximum absolute atomic E-state index is 12.6. The third kappa shape index (κ3) is 3.26. The van der Waals surface area contributed by atoms with Crippen LogP contribution in [0.2, 0.25) is 0 Å². The van der Waals surface area contributed by atoms with Crippen molar-refractivity contribution < 1.29 is 4.79 Å². The number of hydrogen-bond acceptors (Lipinski definition) is 1. The molecular formula is C23H16BrNO. The Bertz CT molecular complexity index is 1080. The van der Waals surface area contributed by atoms with Crippen LogP contribution in [0.15, 0.2) is 95.5 Å². The fraction of sp³-hybridized carbons (Fsp3) is 0. The Morgan fingerprint density at radius 2 is 1.35 bits per heavy atom. The molecule has 0 heterocycles. The number of fused-ring (bicyclic) bond motifs is 1. The second kappa shape index (κ2) is 7.14. The first-order valence-corrected chi connectivity index (χ1v) is 9.16. The Kier molecular flexibility index (Phi) is 4.55. The molecule has 0 aromatic heterocycles. The first-order valence-electron chi connectivity index (χ1n) is 8.36. The van der Waals surface area contributed by atoms with E-state index in [9.17, 15) is 4.79 Å². The van der Waals surface area contributed by atoms with Crippen LogP contribution in [0.3, 0.4) is 0 Å². The number of carbonyl (C=O) groups excluding carboxylic acids is 1. The van der Waals surface area contributed by atoms with E-state index < -0.39 is 0 Å². The van der Waals surface area contributed by atoms with Crippen molar-refractivity contribution in [3.63, 3.8) is 0 Å². The van der Waals surface area contributed by atoms with Crippen LogP contribution in [0.1, 0.15) is 10.4 Å². The monoisotopic (exact) mass is 401 g/mol. The van der Waals surface area contributed by atoms with Crippen molar-refractivity contribution in [2.24, 2.45) is 0 Å². The van der Waals surface area contributed by atoms with Crippen LogP contribution in [-0.2, 0) is 0 Å². The zero-order valence-corrected chi connectivity index (χ0v) is 15.5. The number of nitrogens with one attached hydrogen (secondary N) is 1. The molecule has 0 aliphatic carbocycles. The van der Waals surface area contributed by atoms with Gasteiger partial charge in [-0.05, 0) is 46.7 Å². The summed E-state index contributed by atoms with van der Waals surface area (Å²) >= 11 is 3.39. The van der Waals surface area contributed by atoms with Crippen LogP contribution >= 0.6 is 15.9 Å². The lowest BCUT2D eigenvalue weighted by Crippen LogP contribution is -2.12. The highest BCUT2D eigenvalue weighted by Crippen LogP contribution is 2.33. The Balaban J connectivity index is 1.75. The molecule has 0 fully saturated rings. The molecule has 0 aliphatic heterocycles. The van der Waals surface area contributed by atoms with E-state index in [1.165, 1.54) is 10.8 Å². The van der Waals surface area contributed by atoms with Crippen LogP contribution in [-0.4, -0.2) is 5.91 Å². The van der Waals surface area contributed by atoms with Crippen LogP contribution in [0, 0.1) is 0 Å². The lowest BCUT2D eigenvalue weighted by Gasteiger charge is -2.13. The van der Waals surface area contributed by atoms with Gasteiger partial charge in [-0.25, -0.2) is 0 Å². The fourth-order valence-corrected chi connectivity index (χ4v) is 3.35. The van der Waals surface area contributed by atoms with E-state index in [0.717, 1.165) is 21.3 Å². The maximum atomic E-state index is 12.6. The minimum Gasteiger partial charge on any atom is -0.321 e. The Morgan fingerprint density at radius 3 is 2.19 bits per heavy atom. The van der Waals surface area contributed by atoms with Gasteiger partial charge in [0, 0.05) is 21.3 Å². The number of para-hydroxylation sites is 1. The SMILES string of the molecule is O=C(Nc1ccccc1-c1cccc2ccccc12)c1ccc(Br)cc1. The summed E-state index contributed by atoms with van der Waals surface area (Å²) in [5.41, 5.74) is 3.54. The van der Waals surface area contributed by atoms with Crippen molar-refractivity contribution in [3.8, 4) is 11.1 Å². The zero-order valence-electron chi connectivity index (χ0n) is 13.9. The molecule has 1 amide bonds. The summed E-state index contributed by atoms with van der Waals surface area (Å²) in [6, 6.07) is 29.8. The van der Waals surface area contributed by atoms with Gasteiger partial charge in [0.15, 0.2) is 0 Å². The summed E-state index contributed by atoms with van der Waals surface area (Å²) in [5, 5.41) is 5.40. The van der Waals surface area contributed by atoms with E-state index in [0.29, 0.717) is 5.56 Å². The quantitative estimate of drug-likeness (QED) is 0.415. The third-order valence-corrected chi connectivity index (χ3v) is 4.89. The van der Waals surface area contributed by atoms with Gasteiger partial charge in [-0.15, -0.1) is 0 Å². The number of amides is 1. The summed E-state index contributed by atoms with van der Waals surface area (Å²) in [5.74, 6) is -0.120. The topological polar surface area (TPSA) is 29.1 Å². The molecule has 0 saturated carbocycles. The van der Waals surface area contributed by atoms with Crippen LogP contribution < -0.4 is 5.32 Å². The lowest BCUT2D eigenvalue weighted by atomic mass is 9.97. The lowest BCUT2D eigenvalue weighted by molar-refractivity contribution is 0.102. The first-order chi connectivity index (χ1) is 12.7. The van der Waals surface area contributed by atoms with E-state index in [4.69, 9.17) is 0 Å². The summed E-state index contributed by atoms with van der Waals surface area (Å²) in [7, 11) is 0. The molecule has 0 spiro atoms. The number of halogens is 1. The van der Waals surface area contributed by atoms with Gasteiger partial charge in [-0.1, -0.05) is 76.6 Å². The molecule has 4 rings (SSSR count). The van der Waals surface area contributed by atoms with Gasteiger partial charge in [0.1, 0.15) is 0 Å². The van der Waals surface area contributed by atoms with E-state index in [-0.39, 0.29) is 5.91 Å². The van der Waals surface area contributed by atoms with Gasteiger partial charge in [0.25, 0.3) is 5.91 Å². The predicted molar refractivity (Wildman–Crippen MR) is 111 cm³/mol. The first kappa shape index (κ1) is 16.6. The van der Waals surface area contributed by atoms with Crippen LogP contribution in [0.25, 0.3) is 21.9 Å². The molecule has 0 atom stereocenters. The molecule has 0 aliphatic rings. The Labute approximate surface area is 160 Å². The normalized spacial score (nSPS) is 10.7. The minimum atomic E-state index is -0.120. The van der Waals surface area contributed by atoms with Gasteiger partial charge in [-0.3, -0.25) is 4.79 Å². The van der Waals surface area contributed by atoms with Gasteiger partial charge >= 0.3 is 0 Å². The second-order valence-electron chi connectivity index (χ2n) is 6.03. The maximum Gasteiger partial charge on any atom is 0.255 e. The third-order valence-electron chi connectivity index (χ3n) is 4.36. The van der Waals surface area contributed by atoms with Crippen molar-refractivity contribution in [3.05, 3.63) is 101 Å². The second-order valence-corrected chi connectivity index (χ2v) is 6.95.